The Balaban J connectivity index is 2.08. The molecule has 0 amide bonds. The second kappa shape index (κ2) is 4.67. The molecule has 18 heavy (non-hydrogen) atoms. The van der Waals surface area contributed by atoms with E-state index in [1.807, 2.05) is 0 Å². The topological polar surface area (TPSA) is 35.2 Å². The van der Waals surface area contributed by atoms with Crippen LogP contribution in [0.3, 0.4) is 0 Å². The predicted octanol–water partition coefficient (Wildman–Crippen LogP) is 2.56. The van der Waals surface area contributed by atoms with Gasteiger partial charge >= 0.3 is 0 Å². The first-order chi connectivity index (χ1) is 8.76. The van der Waals surface area contributed by atoms with Crippen LogP contribution in [0.5, 0.6) is 0 Å². The van der Waals surface area contributed by atoms with Crippen molar-refractivity contribution < 1.29 is 4.74 Å². The fraction of sp³-hybridized carbons (Fsp3) is 0.625. The summed E-state index contributed by atoms with van der Waals surface area (Å²) in [5.74, 6) is 0.636. The fourth-order valence-electron chi connectivity index (χ4n) is 4.00. The van der Waals surface area contributed by atoms with Crippen molar-refractivity contribution in [2.45, 2.75) is 38.0 Å². The van der Waals surface area contributed by atoms with Crippen molar-refractivity contribution >= 4 is 0 Å². The van der Waals surface area contributed by atoms with Crippen LogP contribution in [-0.4, -0.2) is 19.8 Å². The molecule has 1 aromatic carbocycles. The lowest BCUT2D eigenvalue weighted by Gasteiger charge is -2.47. The van der Waals surface area contributed by atoms with Crippen molar-refractivity contribution in [3.63, 3.8) is 0 Å². The molecule has 1 fully saturated rings. The largest absolute Gasteiger partial charge is 0.381 e. The average Bonchev–Trinajstić information content (AvgIpc) is 2.40. The monoisotopic (exact) mass is 245 g/mol. The van der Waals surface area contributed by atoms with Crippen LogP contribution in [0.1, 0.15) is 36.0 Å². The van der Waals surface area contributed by atoms with Gasteiger partial charge < -0.3 is 10.5 Å². The van der Waals surface area contributed by atoms with Crippen molar-refractivity contribution in [1.29, 1.82) is 0 Å². The number of nitrogens with two attached hydrogens (primary N) is 1. The number of hydrogen-bond acceptors (Lipinski definition) is 2. The van der Waals surface area contributed by atoms with Crippen LogP contribution in [0.15, 0.2) is 18.2 Å². The Morgan fingerprint density at radius 2 is 2.11 bits per heavy atom. The molecule has 1 aliphatic heterocycles. The van der Waals surface area contributed by atoms with Crippen LogP contribution in [0, 0.1) is 12.8 Å². The Bertz CT molecular complexity index is 435. The highest BCUT2D eigenvalue weighted by atomic mass is 16.5. The van der Waals surface area contributed by atoms with Crippen molar-refractivity contribution in [1.82, 2.24) is 0 Å². The van der Waals surface area contributed by atoms with Gasteiger partial charge in [-0.05, 0) is 56.2 Å². The molecule has 2 aliphatic rings. The second-order valence-electron chi connectivity index (χ2n) is 5.90. The van der Waals surface area contributed by atoms with Gasteiger partial charge in [-0.1, -0.05) is 23.8 Å². The molecule has 1 aliphatic carbocycles. The van der Waals surface area contributed by atoms with Crippen molar-refractivity contribution in [2.24, 2.45) is 11.7 Å². The summed E-state index contributed by atoms with van der Waals surface area (Å²) < 4.78 is 5.59. The number of aryl methyl sites for hydroxylation is 2. The highest BCUT2D eigenvalue weighted by Crippen LogP contribution is 2.47. The molecule has 1 atom stereocenters. The van der Waals surface area contributed by atoms with E-state index >= 15 is 0 Å². The Labute approximate surface area is 110 Å². The van der Waals surface area contributed by atoms with Gasteiger partial charge in [0.25, 0.3) is 0 Å². The van der Waals surface area contributed by atoms with E-state index < -0.39 is 0 Å². The highest BCUT2D eigenvalue weighted by Gasteiger charge is 2.44. The van der Waals surface area contributed by atoms with Gasteiger partial charge in [-0.15, -0.1) is 0 Å². The maximum Gasteiger partial charge on any atom is 0.0474 e. The summed E-state index contributed by atoms with van der Waals surface area (Å²) in [6.07, 6.45) is 4.73. The summed E-state index contributed by atoms with van der Waals surface area (Å²) in [6.45, 7) is 4.78. The molecule has 3 rings (SSSR count). The standard InChI is InChI=1S/C16H23NO/c1-12-2-5-15-13(10-12)3-4-14(11-17)16(15)6-8-18-9-7-16/h2,5,10,14H,3-4,6-9,11,17H2,1H3. The quantitative estimate of drug-likeness (QED) is 0.825. The SMILES string of the molecule is Cc1ccc2c(c1)CCC(CN)C21CCOCC1. The maximum atomic E-state index is 6.06. The Kier molecular flexibility index (Phi) is 3.16. The third-order valence-electron chi connectivity index (χ3n) is 5.01. The van der Waals surface area contributed by atoms with Gasteiger partial charge in [0.05, 0.1) is 0 Å². The number of fused-ring (bicyclic) bond motifs is 2. The molecule has 1 spiro atoms. The van der Waals surface area contributed by atoms with Gasteiger partial charge in [-0.3, -0.25) is 0 Å². The Hall–Kier alpha value is -0.860. The summed E-state index contributed by atoms with van der Waals surface area (Å²) >= 11 is 0. The zero-order chi connectivity index (χ0) is 12.6. The third-order valence-corrected chi connectivity index (χ3v) is 5.01. The van der Waals surface area contributed by atoms with E-state index in [0.29, 0.717) is 11.3 Å². The Morgan fingerprint density at radius 3 is 2.83 bits per heavy atom. The summed E-state index contributed by atoms with van der Waals surface area (Å²) in [7, 11) is 0. The van der Waals surface area contributed by atoms with Gasteiger partial charge in [0.15, 0.2) is 0 Å². The Morgan fingerprint density at radius 1 is 1.33 bits per heavy atom. The molecule has 2 N–H and O–H groups in total. The maximum absolute atomic E-state index is 6.06. The summed E-state index contributed by atoms with van der Waals surface area (Å²) in [5, 5.41) is 0. The van der Waals surface area contributed by atoms with Crippen LogP contribution < -0.4 is 5.73 Å². The number of hydrogen-bond donors (Lipinski definition) is 1. The molecule has 1 heterocycles. The van der Waals surface area contributed by atoms with Gasteiger partial charge in [-0.25, -0.2) is 0 Å². The molecular formula is C16H23NO. The molecule has 1 aromatic rings. The summed E-state index contributed by atoms with van der Waals surface area (Å²) in [4.78, 5) is 0. The fourth-order valence-corrected chi connectivity index (χ4v) is 4.00. The number of benzene rings is 1. The molecule has 2 nitrogen and oxygen atoms in total. The van der Waals surface area contributed by atoms with Crippen LogP contribution in [-0.2, 0) is 16.6 Å². The van der Waals surface area contributed by atoms with E-state index in [4.69, 9.17) is 10.5 Å². The second-order valence-corrected chi connectivity index (χ2v) is 5.90. The first-order valence-electron chi connectivity index (χ1n) is 7.14. The van der Waals surface area contributed by atoms with Gasteiger partial charge in [0.1, 0.15) is 0 Å². The average molecular weight is 245 g/mol. The number of ether oxygens (including phenoxy) is 1. The lowest BCUT2D eigenvalue weighted by Crippen LogP contribution is -2.46. The van der Waals surface area contributed by atoms with Gasteiger partial charge in [0, 0.05) is 18.6 Å². The molecule has 0 aromatic heterocycles. The lowest BCUT2D eigenvalue weighted by molar-refractivity contribution is 0.0214. The van der Waals surface area contributed by atoms with E-state index in [2.05, 4.69) is 25.1 Å². The lowest BCUT2D eigenvalue weighted by atomic mass is 9.59. The van der Waals surface area contributed by atoms with Crippen molar-refractivity contribution in [3.8, 4) is 0 Å². The smallest absolute Gasteiger partial charge is 0.0474 e. The minimum absolute atomic E-state index is 0.300. The highest BCUT2D eigenvalue weighted by molar-refractivity contribution is 5.40. The molecule has 0 bridgehead atoms. The summed E-state index contributed by atoms with van der Waals surface area (Å²) in [5.41, 5.74) is 10.9. The minimum atomic E-state index is 0.300. The minimum Gasteiger partial charge on any atom is -0.381 e. The summed E-state index contributed by atoms with van der Waals surface area (Å²) in [6, 6.07) is 6.99. The van der Waals surface area contributed by atoms with E-state index in [-0.39, 0.29) is 0 Å². The molecule has 0 radical (unpaired) electrons. The normalized spacial score (nSPS) is 26.0. The molecule has 98 valence electrons. The van der Waals surface area contributed by atoms with E-state index in [9.17, 15) is 0 Å². The van der Waals surface area contributed by atoms with Crippen molar-refractivity contribution in [3.05, 3.63) is 34.9 Å². The van der Waals surface area contributed by atoms with Crippen LogP contribution in [0.25, 0.3) is 0 Å². The molecule has 0 saturated carbocycles. The third kappa shape index (κ3) is 1.79. The van der Waals surface area contributed by atoms with Gasteiger partial charge in [-0.2, -0.15) is 0 Å². The van der Waals surface area contributed by atoms with Gasteiger partial charge in [0.2, 0.25) is 0 Å². The molecular weight excluding hydrogens is 222 g/mol. The van der Waals surface area contributed by atoms with Crippen LogP contribution in [0.2, 0.25) is 0 Å². The molecule has 1 unspecified atom stereocenters. The van der Waals surface area contributed by atoms with E-state index in [1.54, 1.807) is 11.1 Å². The van der Waals surface area contributed by atoms with Crippen LogP contribution >= 0.6 is 0 Å². The molecule has 2 heteroatoms. The van der Waals surface area contributed by atoms with E-state index in [0.717, 1.165) is 32.6 Å². The first kappa shape index (κ1) is 12.2. The van der Waals surface area contributed by atoms with E-state index in [1.165, 1.54) is 18.4 Å². The first-order valence-corrected chi connectivity index (χ1v) is 7.14. The van der Waals surface area contributed by atoms with Crippen LogP contribution in [0.4, 0.5) is 0 Å². The van der Waals surface area contributed by atoms with Crippen molar-refractivity contribution in [2.75, 3.05) is 19.8 Å². The zero-order valence-corrected chi connectivity index (χ0v) is 11.2. The number of rotatable bonds is 1. The zero-order valence-electron chi connectivity index (χ0n) is 11.2. The predicted molar refractivity (Wildman–Crippen MR) is 73.8 cm³/mol. The molecule has 1 saturated heterocycles.